The summed E-state index contributed by atoms with van der Waals surface area (Å²) in [6, 6.07) is 12.8. The number of carbonyl (C=O) groups excluding carboxylic acids is 3. The van der Waals surface area contributed by atoms with Crippen molar-refractivity contribution in [1.82, 2.24) is 10.2 Å². The number of benzene rings is 2. The summed E-state index contributed by atoms with van der Waals surface area (Å²) in [5, 5.41) is 1.74. The molecule has 0 saturated carbocycles. The van der Waals surface area contributed by atoms with E-state index in [1.807, 2.05) is 0 Å². The fourth-order valence-electron chi connectivity index (χ4n) is 2.82. The average Bonchev–Trinajstić information content (AvgIpc) is 2.88. The smallest absolute Gasteiger partial charge is 0.312 e. The molecular formula is C18H13F3N2O3. The molecule has 5 nitrogen and oxygen atoms in total. The van der Waals surface area contributed by atoms with Gasteiger partial charge in [0.1, 0.15) is 0 Å². The first-order chi connectivity index (χ1) is 12.3. The van der Waals surface area contributed by atoms with E-state index in [0.29, 0.717) is 4.90 Å². The van der Waals surface area contributed by atoms with E-state index in [4.69, 9.17) is 0 Å². The molecule has 0 aliphatic carbocycles. The number of hydrogen-bond acceptors (Lipinski definition) is 3. The molecule has 1 aliphatic heterocycles. The first-order valence-electron chi connectivity index (χ1n) is 7.62. The highest BCUT2D eigenvalue weighted by Crippen LogP contribution is 2.43. The molecule has 2 aromatic carbocycles. The maximum absolute atomic E-state index is 13.8. The maximum atomic E-state index is 13.8. The number of nitrogens with zero attached hydrogens (tertiary/aromatic N) is 1. The monoisotopic (exact) mass is 362 g/mol. The second-order valence-corrected chi connectivity index (χ2v) is 5.72. The van der Waals surface area contributed by atoms with Gasteiger partial charge in [-0.15, -0.1) is 0 Å². The summed E-state index contributed by atoms with van der Waals surface area (Å²) >= 11 is 0. The van der Waals surface area contributed by atoms with E-state index < -0.39 is 41.5 Å². The van der Waals surface area contributed by atoms with Crippen molar-refractivity contribution < 1.29 is 27.6 Å². The van der Waals surface area contributed by atoms with Crippen LogP contribution in [0.5, 0.6) is 0 Å². The van der Waals surface area contributed by atoms with E-state index in [1.165, 1.54) is 30.3 Å². The highest BCUT2D eigenvalue weighted by molar-refractivity contribution is 6.11. The van der Waals surface area contributed by atoms with Gasteiger partial charge >= 0.3 is 12.2 Å². The molecule has 2 aromatic rings. The van der Waals surface area contributed by atoms with Crippen LogP contribution in [-0.2, 0) is 10.3 Å². The third kappa shape index (κ3) is 2.73. The number of halogens is 3. The van der Waals surface area contributed by atoms with Crippen LogP contribution in [0.15, 0.2) is 60.7 Å². The van der Waals surface area contributed by atoms with Crippen LogP contribution in [-0.4, -0.2) is 35.3 Å². The predicted octanol–water partition coefficient (Wildman–Crippen LogP) is 2.88. The minimum Gasteiger partial charge on any atom is -0.312 e. The Bertz CT molecular complexity index is 853. The zero-order chi connectivity index (χ0) is 18.9. The Morgan fingerprint density at radius 2 is 1.50 bits per heavy atom. The van der Waals surface area contributed by atoms with Crippen molar-refractivity contribution in [3.8, 4) is 0 Å². The van der Waals surface area contributed by atoms with Gasteiger partial charge in [0.2, 0.25) is 5.54 Å². The number of nitrogens with one attached hydrogen (secondary N) is 1. The SMILES string of the molecule is O=C(CN1C(=O)NC(c2ccccc2)(C(F)(F)F)C1=O)c1ccccc1. The van der Waals surface area contributed by atoms with Crippen LogP contribution in [0.2, 0.25) is 0 Å². The van der Waals surface area contributed by atoms with E-state index in [-0.39, 0.29) is 5.56 Å². The molecule has 1 aliphatic rings. The Hall–Kier alpha value is -3.16. The van der Waals surface area contributed by atoms with Crippen LogP contribution in [0.4, 0.5) is 18.0 Å². The summed E-state index contributed by atoms with van der Waals surface area (Å²) in [5.74, 6) is -2.16. The fraction of sp³-hybridized carbons (Fsp3) is 0.167. The lowest BCUT2D eigenvalue weighted by atomic mass is 9.89. The predicted molar refractivity (Wildman–Crippen MR) is 85.2 cm³/mol. The van der Waals surface area contributed by atoms with Crippen molar-refractivity contribution in [2.24, 2.45) is 0 Å². The summed E-state index contributed by atoms with van der Waals surface area (Å²) in [5.41, 5.74) is -3.43. The second-order valence-electron chi connectivity index (χ2n) is 5.72. The molecule has 8 heteroatoms. The minimum absolute atomic E-state index is 0.192. The molecule has 1 saturated heterocycles. The van der Waals surface area contributed by atoms with Crippen molar-refractivity contribution in [3.05, 3.63) is 71.8 Å². The van der Waals surface area contributed by atoms with Crippen molar-refractivity contribution in [2.45, 2.75) is 11.7 Å². The van der Waals surface area contributed by atoms with Crippen LogP contribution in [0.1, 0.15) is 15.9 Å². The van der Waals surface area contributed by atoms with Crippen LogP contribution < -0.4 is 5.32 Å². The first kappa shape index (κ1) is 17.7. The molecule has 1 unspecified atom stereocenters. The number of hydrogen-bond donors (Lipinski definition) is 1. The van der Waals surface area contributed by atoms with E-state index >= 15 is 0 Å². The summed E-state index contributed by atoms with van der Waals surface area (Å²) in [4.78, 5) is 37.3. The topological polar surface area (TPSA) is 66.5 Å². The van der Waals surface area contributed by atoms with Gasteiger partial charge in [-0.25, -0.2) is 4.79 Å². The summed E-state index contributed by atoms with van der Waals surface area (Å²) in [7, 11) is 0. The Labute approximate surface area is 146 Å². The van der Waals surface area contributed by atoms with Crippen molar-refractivity contribution in [3.63, 3.8) is 0 Å². The second kappa shape index (κ2) is 6.29. The zero-order valence-corrected chi connectivity index (χ0v) is 13.3. The molecule has 1 N–H and O–H groups in total. The number of imide groups is 1. The van der Waals surface area contributed by atoms with Gasteiger partial charge in [-0.2, -0.15) is 13.2 Å². The number of carbonyl (C=O) groups is 3. The molecule has 0 bridgehead atoms. The molecule has 0 radical (unpaired) electrons. The lowest BCUT2D eigenvalue weighted by Crippen LogP contribution is -2.55. The molecule has 0 aromatic heterocycles. The van der Waals surface area contributed by atoms with Crippen LogP contribution in [0.3, 0.4) is 0 Å². The van der Waals surface area contributed by atoms with Crippen molar-refractivity contribution >= 4 is 17.7 Å². The van der Waals surface area contributed by atoms with Gasteiger partial charge in [0.25, 0.3) is 5.91 Å². The lowest BCUT2D eigenvalue weighted by Gasteiger charge is -2.29. The number of ketones is 1. The van der Waals surface area contributed by atoms with Gasteiger partial charge in [0.15, 0.2) is 5.78 Å². The first-order valence-corrected chi connectivity index (χ1v) is 7.62. The molecule has 0 spiro atoms. The molecule has 134 valence electrons. The summed E-state index contributed by atoms with van der Waals surface area (Å²) < 4.78 is 41.4. The average molecular weight is 362 g/mol. The molecule has 1 heterocycles. The normalized spacial score (nSPS) is 20.2. The van der Waals surface area contributed by atoms with E-state index in [9.17, 15) is 27.6 Å². The quantitative estimate of drug-likeness (QED) is 0.672. The minimum atomic E-state index is -5.08. The summed E-state index contributed by atoms with van der Waals surface area (Å²) in [6.07, 6.45) is -5.08. The van der Waals surface area contributed by atoms with Gasteiger partial charge in [0, 0.05) is 5.56 Å². The molecule has 26 heavy (non-hydrogen) atoms. The van der Waals surface area contributed by atoms with Crippen molar-refractivity contribution in [1.29, 1.82) is 0 Å². The molecular weight excluding hydrogens is 349 g/mol. The Morgan fingerprint density at radius 3 is 2.04 bits per heavy atom. The standard InChI is InChI=1S/C18H13F3N2O3/c19-18(20,21)17(13-9-5-2-6-10-13)15(25)23(16(26)22-17)11-14(24)12-7-3-1-4-8-12/h1-10H,11H2,(H,22,26). The van der Waals surface area contributed by atoms with Crippen LogP contribution in [0.25, 0.3) is 0 Å². The lowest BCUT2D eigenvalue weighted by molar-refractivity contribution is -0.198. The van der Waals surface area contributed by atoms with Gasteiger partial charge in [-0.3, -0.25) is 14.5 Å². The van der Waals surface area contributed by atoms with Gasteiger partial charge in [0.05, 0.1) is 6.54 Å². The number of urea groups is 1. The number of Topliss-reactive ketones (excluding diaryl/α,β-unsaturated/α-hetero) is 1. The summed E-state index contributed by atoms with van der Waals surface area (Å²) in [6.45, 7) is -0.778. The van der Waals surface area contributed by atoms with Gasteiger partial charge in [-0.1, -0.05) is 60.7 Å². The fourth-order valence-corrected chi connectivity index (χ4v) is 2.82. The number of amides is 3. The third-order valence-electron chi connectivity index (χ3n) is 4.14. The Kier molecular flexibility index (Phi) is 4.27. The zero-order valence-electron chi connectivity index (χ0n) is 13.3. The largest absolute Gasteiger partial charge is 0.425 e. The van der Waals surface area contributed by atoms with E-state index in [2.05, 4.69) is 0 Å². The van der Waals surface area contributed by atoms with E-state index in [0.717, 1.165) is 12.1 Å². The van der Waals surface area contributed by atoms with Gasteiger partial charge in [-0.05, 0) is 5.56 Å². The van der Waals surface area contributed by atoms with Gasteiger partial charge < -0.3 is 5.32 Å². The number of alkyl halides is 3. The van der Waals surface area contributed by atoms with Crippen LogP contribution in [0, 0.1) is 0 Å². The number of rotatable bonds is 4. The molecule has 1 fully saturated rings. The Balaban J connectivity index is 1.97. The maximum Gasteiger partial charge on any atom is 0.425 e. The molecule has 3 amide bonds. The third-order valence-corrected chi connectivity index (χ3v) is 4.14. The highest BCUT2D eigenvalue weighted by Gasteiger charge is 2.68. The van der Waals surface area contributed by atoms with Crippen molar-refractivity contribution in [2.75, 3.05) is 6.54 Å². The van der Waals surface area contributed by atoms with Crippen LogP contribution >= 0.6 is 0 Å². The van der Waals surface area contributed by atoms with E-state index in [1.54, 1.807) is 23.5 Å². The molecule has 3 rings (SSSR count). The molecule has 1 atom stereocenters. The highest BCUT2D eigenvalue weighted by atomic mass is 19.4. The Morgan fingerprint density at radius 1 is 0.962 bits per heavy atom.